The Bertz CT molecular complexity index is 530. The standard InChI is InChI=1S/C14H18N2O4/c1-3-16-11-5-4-10(15)8-13(11)20-12(14(16)18)6-7-19-9(2)17/h4-5,8,12H,3,6-7,15H2,1-2H3. The van der Waals surface area contributed by atoms with Gasteiger partial charge in [-0.25, -0.2) is 0 Å². The van der Waals surface area contributed by atoms with E-state index in [0.717, 1.165) is 5.69 Å². The molecular formula is C14H18N2O4. The number of ether oxygens (including phenoxy) is 2. The second-order valence-electron chi connectivity index (χ2n) is 4.54. The van der Waals surface area contributed by atoms with Gasteiger partial charge in [0.2, 0.25) is 0 Å². The monoisotopic (exact) mass is 278 g/mol. The van der Waals surface area contributed by atoms with Gasteiger partial charge in [0.25, 0.3) is 5.91 Å². The number of benzene rings is 1. The molecule has 0 bridgehead atoms. The van der Waals surface area contributed by atoms with Crippen LogP contribution in [0.5, 0.6) is 5.75 Å². The van der Waals surface area contributed by atoms with Crippen LogP contribution in [0.1, 0.15) is 20.3 Å². The Morgan fingerprint density at radius 1 is 1.50 bits per heavy atom. The second kappa shape index (κ2) is 5.81. The molecule has 6 nitrogen and oxygen atoms in total. The summed E-state index contributed by atoms with van der Waals surface area (Å²) in [4.78, 5) is 24.7. The molecule has 1 aromatic rings. The summed E-state index contributed by atoms with van der Waals surface area (Å²) in [5.74, 6) is 0.0847. The van der Waals surface area contributed by atoms with Gasteiger partial charge in [-0.1, -0.05) is 0 Å². The Labute approximate surface area is 117 Å². The predicted molar refractivity (Wildman–Crippen MR) is 74.5 cm³/mol. The molecule has 0 spiro atoms. The topological polar surface area (TPSA) is 81.9 Å². The summed E-state index contributed by atoms with van der Waals surface area (Å²) < 4.78 is 10.5. The first kappa shape index (κ1) is 14.2. The number of carbonyl (C=O) groups excluding carboxylic acids is 2. The van der Waals surface area contributed by atoms with Crippen molar-refractivity contribution < 1.29 is 19.1 Å². The highest BCUT2D eigenvalue weighted by Crippen LogP contribution is 2.36. The molecule has 1 aromatic carbocycles. The highest BCUT2D eigenvalue weighted by molar-refractivity contribution is 6.00. The fourth-order valence-corrected chi connectivity index (χ4v) is 2.16. The van der Waals surface area contributed by atoms with Gasteiger partial charge in [0.1, 0.15) is 5.75 Å². The van der Waals surface area contributed by atoms with Gasteiger partial charge in [0, 0.05) is 31.6 Å². The third-order valence-corrected chi connectivity index (χ3v) is 3.09. The van der Waals surface area contributed by atoms with Gasteiger partial charge in [0.15, 0.2) is 6.10 Å². The number of nitrogens with two attached hydrogens (primary N) is 1. The highest BCUT2D eigenvalue weighted by atomic mass is 16.5. The lowest BCUT2D eigenvalue weighted by molar-refractivity contribution is -0.142. The Kier molecular flexibility index (Phi) is 4.12. The Balaban J connectivity index is 2.17. The molecule has 1 amide bonds. The molecule has 1 aliphatic rings. The van der Waals surface area contributed by atoms with E-state index in [2.05, 4.69) is 0 Å². The number of esters is 1. The number of hydrogen-bond donors (Lipinski definition) is 1. The van der Waals surface area contributed by atoms with Gasteiger partial charge in [-0.3, -0.25) is 9.59 Å². The maximum atomic E-state index is 12.3. The lowest BCUT2D eigenvalue weighted by Crippen LogP contribution is -2.46. The summed E-state index contributed by atoms with van der Waals surface area (Å²) in [6, 6.07) is 5.20. The average molecular weight is 278 g/mol. The number of hydrogen-bond acceptors (Lipinski definition) is 5. The van der Waals surface area contributed by atoms with E-state index in [9.17, 15) is 9.59 Å². The Hall–Kier alpha value is -2.24. The van der Waals surface area contributed by atoms with Crippen molar-refractivity contribution >= 4 is 23.3 Å². The van der Waals surface area contributed by atoms with Gasteiger partial charge in [-0.2, -0.15) is 0 Å². The molecule has 0 fully saturated rings. The SMILES string of the molecule is CCN1C(=O)C(CCOC(C)=O)Oc2cc(N)ccc21. The van der Waals surface area contributed by atoms with Crippen LogP contribution in [-0.4, -0.2) is 31.1 Å². The lowest BCUT2D eigenvalue weighted by Gasteiger charge is -2.33. The van der Waals surface area contributed by atoms with Gasteiger partial charge in [-0.15, -0.1) is 0 Å². The third kappa shape index (κ3) is 2.84. The number of rotatable bonds is 4. The van der Waals surface area contributed by atoms with Crippen LogP contribution in [0, 0.1) is 0 Å². The van der Waals surface area contributed by atoms with Crippen LogP contribution in [0.15, 0.2) is 18.2 Å². The third-order valence-electron chi connectivity index (χ3n) is 3.09. The first-order valence-electron chi connectivity index (χ1n) is 6.54. The highest BCUT2D eigenvalue weighted by Gasteiger charge is 2.33. The Morgan fingerprint density at radius 3 is 2.90 bits per heavy atom. The minimum absolute atomic E-state index is 0.128. The van der Waals surface area contributed by atoms with Crippen molar-refractivity contribution in [1.29, 1.82) is 0 Å². The molecule has 0 radical (unpaired) electrons. The second-order valence-corrected chi connectivity index (χ2v) is 4.54. The summed E-state index contributed by atoms with van der Waals surface area (Å²) in [5, 5.41) is 0. The zero-order chi connectivity index (χ0) is 14.7. The van der Waals surface area contributed by atoms with Crippen molar-refractivity contribution in [2.75, 3.05) is 23.8 Å². The number of amides is 1. The smallest absolute Gasteiger partial charge is 0.302 e. The summed E-state index contributed by atoms with van der Waals surface area (Å²) in [6.07, 6.45) is -0.327. The van der Waals surface area contributed by atoms with Crippen LogP contribution in [-0.2, 0) is 14.3 Å². The molecule has 108 valence electrons. The van der Waals surface area contributed by atoms with E-state index in [-0.39, 0.29) is 18.5 Å². The van der Waals surface area contributed by atoms with Crippen LogP contribution in [0.25, 0.3) is 0 Å². The van der Waals surface area contributed by atoms with Crippen LogP contribution in [0.4, 0.5) is 11.4 Å². The van der Waals surface area contributed by atoms with Crippen LogP contribution in [0.3, 0.4) is 0 Å². The Morgan fingerprint density at radius 2 is 2.25 bits per heavy atom. The molecule has 1 unspecified atom stereocenters. The van der Waals surface area contributed by atoms with Crippen LogP contribution in [0.2, 0.25) is 0 Å². The van der Waals surface area contributed by atoms with Crippen LogP contribution < -0.4 is 15.4 Å². The number of nitrogen functional groups attached to an aromatic ring is 1. The maximum absolute atomic E-state index is 12.3. The molecule has 1 atom stereocenters. The van der Waals surface area contributed by atoms with E-state index in [4.69, 9.17) is 15.2 Å². The lowest BCUT2D eigenvalue weighted by atomic mass is 10.1. The van der Waals surface area contributed by atoms with E-state index in [1.807, 2.05) is 6.92 Å². The predicted octanol–water partition coefficient (Wildman–Crippen LogP) is 1.34. The summed E-state index contributed by atoms with van der Waals surface area (Å²) in [7, 11) is 0. The van der Waals surface area contributed by atoms with Crippen LogP contribution >= 0.6 is 0 Å². The van der Waals surface area contributed by atoms with Crippen molar-refractivity contribution in [2.24, 2.45) is 0 Å². The number of fused-ring (bicyclic) bond motifs is 1. The number of likely N-dealkylation sites (N-methyl/N-ethyl adjacent to an activating group) is 1. The molecule has 2 N–H and O–H groups in total. The van der Waals surface area contributed by atoms with E-state index < -0.39 is 6.10 Å². The first-order chi connectivity index (χ1) is 9.52. The normalized spacial score (nSPS) is 17.4. The van der Waals surface area contributed by atoms with E-state index in [0.29, 0.717) is 24.4 Å². The maximum Gasteiger partial charge on any atom is 0.302 e. The van der Waals surface area contributed by atoms with E-state index in [1.165, 1.54) is 6.92 Å². The zero-order valence-corrected chi connectivity index (χ0v) is 11.6. The van der Waals surface area contributed by atoms with Gasteiger partial charge >= 0.3 is 5.97 Å². The minimum atomic E-state index is -0.649. The van der Waals surface area contributed by atoms with E-state index >= 15 is 0 Å². The largest absolute Gasteiger partial charge is 0.478 e. The van der Waals surface area contributed by atoms with Crippen molar-refractivity contribution in [3.05, 3.63) is 18.2 Å². The molecule has 20 heavy (non-hydrogen) atoms. The molecule has 1 heterocycles. The summed E-state index contributed by atoms with van der Waals surface area (Å²) in [6.45, 7) is 3.93. The number of carbonyl (C=O) groups is 2. The molecule has 0 aromatic heterocycles. The van der Waals surface area contributed by atoms with Crippen molar-refractivity contribution in [1.82, 2.24) is 0 Å². The molecular weight excluding hydrogens is 260 g/mol. The molecule has 1 aliphatic heterocycles. The number of nitrogens with zero attached hydrogens (tertiary/aromatic N) is 1. The molecule has 0 saturated heterocycles. The summed E-state index contributed by atoms with van der Waals surface area (Å²) >= 11 is 0. The van der Waals surface area contributed by atoms with Crippen molar-refractivity contribution in [3.63, 3.8) is 0 Å². The first-order valence-corrected chi connectivity index (χ1v) is 6.54. The molecule has 0 aliphatic carbocycles. The van der Waals surface area contributed by atoms with Gasteiger partial charge < -0.3 is 20.1 Å². The molecule has 6 heteroatoms. The zero-order valence-electron chi connectivity index (χ0n) is 11.6. The van der Waals surface area contributed by atoms with Crippen molar-refractivity contribution in [3.8, 4) is 5.75 Å². The van der Waals surface area contributed by atoms with Gasteiger partial charge in [-0.05, 0) is 19.1 Å². The molecule has 0 saturated carbocycles. The summed E-state index contributed by atoms with van der Waals surface area (Å²) in [5.41, 5.74) is 7.03. The fourth-order valence-electron chi connectivity index (χ4n) is 2.16. The molecule has 2 rings (SSSR count). The van der Waals surface area contributed by atoms with E-state index in [1.54, 1.807) is 23.1 Å². The fraction of sp³-hybridized carbons (Fsp3) is 0.429. The quantitative estimate of drug-likeness (QED) is 0.664. The van der Waals surface area contributed by atoms with Crippen molar-refractivity contribution in [2.45, 2.75) is 26.4 Å². The van der Waals surface area contributed by atoms with Gasteiger partial charge in [0.05, 0.1) is 12.3 Å². The number of anilines is 2. The average Bonchev–Trinajstić information content (AvgIpc) is 2.39. The minimum Gasteiger partial charge on any atom is -0.478 e.